The summed E-state index contributed by atoms with van der Waals surface area (Å²) in [5, 5.41) is 0. The zero-order valence-corrected chi connectivity index (χ0v) is 13.1. The molecule has 0 fully saturated rings. The van der Waals surface area contributed by atoms with E-state index in [-0.39, 0.29) is 0 Å². The Balaban J connectivity index is 2.14. The summed E-state index contributed by atoms with van der Waals surface area (Å²) in [5.74, 6) is 0. The lowest BCUT2D eigenvalue weighted by Gasteiger charge is -2.24. The van der Waals surface area contributed by atoms with E-state index in [0.717, 1.165) is 15.8 Å². The second kappa shape index (κ2) is 5.83. The highest BCUT2D eigenvalue weighted by Gasteiger charge is 2.27. The Hall–Kier alpha value is -0.210. The zero-order valence-electron chi connectivity index (χ0n) is 9.93. The van der Waals surface area contributed by atoms with Gasteiger partial charge in [0.1, 0.15) is 4.21 Å². The van der Waals surface area contributed by atoms with E-state index in [1.54, 1.807) is 19.2 Å². The molecule has 2 rings (SSSR count). The van der Waals surface area contributed by atoms with E-state index < -0.39 is 10.0 Å². The first-order chi connectivity index (χ1) is 8.54. The molecule has 0 bridgehead atoms. The van der Waals surface area contributed by atoms with Gasteiger partial charge in [-0.15, -0.1) is 11.3 Å². The monoisotopic (exact) mass is 351 g/mol. The predicted molar refractivity (Wildman–Crippen MR) is 75.4 cm³/mol. The quantitative estimate of drug-likeness (QED) is 0.782. The molecule has 0 unspecified atom stereocenters. The molecule has 2 heterocycles. The highest BCUT2D eigenvalue weighted by molar-refractivity contribution is 9.11. The van der Waals surface area contributed by atoms with E-state index in [4.69, 9.17) is 4.74 Å². The first-order valence-electron chi connectivity index (χ1n) is 5.46. The van der Waals surface area contributed by atoms with Crippen LogP contribution in [0.2, 0.25) is 0 Å². The number of hydrogen-bond donors (Lipinski definition) is 0. The largest absolute Gasteiger partial charge is 0.380 e. The molecule has 0 atom stereocenters. The summed E-state index contributed by atoms with van der Waals surface area (Å²) in [6.07, 6.45) is 2.67. The van der Waals surface area contributed by atoms with E-state index in [1.807, 2.05) is 6.08 Å². The van der Waals surface area contributed by atoms with Crippen LogP contribution in [0.3, 0.4) is 0 Å². The minimum Gasteiger partial charge on any atom is -0.380 e. The van der Waals surface area contributed by atoms with E-state index in [9.17, 15) is 8.42 Å². The summed E-state index contributed by atoms with van der Waals surface area (Å²) in [5.41, 5.74) is 1.16. The van der Waals surface area contributed by atoms with Gasteiger partial charge in [-0.1, -0.05) is 6.08 Å². The van der Waals surface area contributed by atoms with Crippen LogP contribution in [0.4, 0.5) is 0 Å². The number of thiophene rings is 1. The van der Waals surface area contributed by atoms with Crippen molar-refractivity contribution in [2.75, 3.05) is 26.8 Å². The first kappa shape index (κ1) is 14.2. The van der Waals surface area contributed by atoms with E-state index >= 15 is 0 Å². The first-order valence-corrected chi connectivity index (χ1v) is 8.51. The number of ether oxygens (including phenoxy) is 1. The number of sulfonamides is 1. The molecular formula is C11H14BrNO3S2. The average Bonchev–Trinajstić information content (AvgIpc) is 2.78. The van der Waals surface area contributed by atoms with Gasteiger partial charge in [0.05, 0.1) is 10.4 Å². The van der Waals surface area contributed by atoms with Crippen LogP contribution in [-0.2, 0) is 14.8 Å². The van der Waals surface area contributed by atoms with Gasteiger partial charge in [0.25, 0.3) is 10.0 Å². The molecule has 0 N–H and O–H groups in total. The Kier molecular flexibility index (Phi) is 4.60. The van der Waals surface area contributed by atoms with Crippen molar-refractivity contribution in [1.82, 2.24) is 4.31 Å². The third kappa shape index (κ3) is 3.03. The Labute approximate surface area is 119 Å². The van der Waals surface area contributed by atoms with Crippen molar-refractivity contribution in [3.05, 3.63) is 27.6 Å². The minimum atomic E-state index is -3.34. The molecule has 0 aromatic carbocycles. The van der Waals surface area contributed by atoms with Crippen LogP contribution in [-0.4, -0.2) is 39.5 Å². The fourth-order valence-electron chi connectivity index (χ4n) is 1.79. The van der Waals surface area contributed by atoms with Crippen LogP contribution in [0.5, 0.6) is 0 Å². The zero-order chi connectivity index (χ0) is 13.2. The molecule has 1 aliphatic heterocycles. The second-order valence-electron chi connectivity index (χ2n) is 3.97. The van der Waals surface area contributed by atoms with Crippen molar-refractivity contribution in [3.8, 4) is 0 Å². The molecule has 100 valence electrons. The average molecular weight is 352 g/mol. The number of methoxy groups -OCH3 is 1. The van der Waals surface area contributed by atoms with Gasteiger partial charge in [-0.3, -0.25) is 0 Å². The molecule has 0 amide bonds. The van der Waals surface area contributed by atoms with E-state index in [2.05, 4.69) is 15.9 Å². The van der Waals surface area contributed by atoms with Crippen molar-refractivity contribution in [1.29, 1.82) is 0 Å². The summed E-state index contributed by atoms with van der Waals surface area (Å²) in [6, 6.07) is 3.39. The van der Waals surface area contributed by atoms with Crippen LogP contribution < -0.4 is 0 Å². The van der Waals surface area contributed by atoms with Crippen molar-refractivity contribution in [3.63, 3.8) is 0 Å². The van der Waals surface area contributed by atoms with Gasteiger partial charge in [-0.25, -0.2) is 8.42 Å². The van der Waals surface area contributed by atoms with Crippen LogP contribution >= 0.6 is 27.3 Å². The third-order valence-electron chi connectivity index (χ3n) is 2.74. The SMILES string of the molecule is COCC1=CCN(S(=O)(=O)c2ccc(Br)s2)CC1. The van der Waals surface area contributed by atoms with Gasteiger partial charge in [0.15, 0.2) is 0 Å². The van der Waals surface area contributed by atoms with E-state index in [0.29, 0.717) is 23.9 Å². The molecule has 1 aromatic rings. The number of hydrogen-bond acceptors (Lipinski definition) is 4. The van der Waals surface area contributed by atoms with Crippen LogP contribution in [0, 0.1) is 0 Å². The van der Waals surface area contributed by atoms with Crippen molar-refractivity contribution in [2.24, 2.45) is 0 Å². The van der Waals surface area contributed by atoms with E-state index in [1.165, 1.54) is 15.6 Å². The van der Waals surface area contributed by atoms with Crippen LogP contribution in [0.15, 0.2) is 31.8 Å². The Bertz CT molecular complexity index is 550. The molecule has 0 saturated carbocycles. The lowest BCUT2D eigenvalue weighted by atomic mass is 10.1. The second-order valence-corrected chi connectivity index (χ2v) is 8.59. The number of rotatable bonds is 4. The molecule has 4 nitrogen and oxygen atoms in total. The summed E-state index contributed by atoms with van der Waals surface area (Å²) < 4.78 is 32.4. The standard InChI is InChI=1S/C11H14BrNO3S2/c1-16-8-9-4-6-13(7-5-9)18(14,15)11-3-2-10(12)17-11/h2-4H,5-8H2,1H3. The number of halogens is 1. The minimum absolute atomic E-state index is 0.387. The maximum atomic E-state index is 12.3. The number of nitrogens with zero attached hydrogens (tertiary/aromatic N) is 1. The van der Waals surface area contributed by atoms with Gasteiger partial charge in [-0.2, -0.15) is 4.31 Å². The van der Waals surface area contributed by atoms with Gasteiger partial charge >= 0.3 is 0 Å². The summed E-state index contributed by atoms with van der Waals surface area (Å²) in [6.45, 7) is 1.53. The molecule has 18 heavy (non-hydrogen) atoms. The molecule has 1 aromatic heterocycles. The molecule has 0 aliphatic carbocycles. The highest BCUT2D eigenvalue weighted by Crippen LogP contribution is 2.29. The summed E-state index contributed by atoms with van der Waals surface area (Å²) in [7, 11) is -1.70. The van der Waals surface area contributed by atoms with Gasteiger partial charge in [-0.05, 0) is 40.1 Å². The topological polar surface area (TPSA) is 46.6 Å². The van der Waals surface area contributed by atoms with Crippen molar-refractivity contribution >= 4 is 37.3 Å². The van der Waals surface area contributed by atoms with Crippen LogP contribution in [0.25, 0.3) is 0 Å². The van der Waals surface area contributed by atoms with Crippen molar-refractivity contribution in [2.45, 2.75) is 10.6 Å². The molecule has 1 aliphatic rings. The normalized spacial score (nSPS) is 17.8. The molecule has 0 radical (unpaired) electrons. The third-order valence-corrected chi connectivity index (χ3v) is 6.69. The lowest BCUT2D eigenvalue weighted by Crippen LogP contribution is -2.34. The highest BCUT2D eigenvalue weighted by atomic mass is 79.9. The van der Waals surface area contributed by atoms with Gasteiger partial charge < -0.3 is 4.74 Å². The van der Waals surface area contributed by atoms with Crippen LogP contribution in [0.1, 0.15) is 6.42 Å². The lowest BCUT2D eigenvalue weighted by molar-refractivity contribution is 0.219. The molecular weight excluding hydrogens is 338 g/mol. The predicted octanol–water partition coefficient (Wildman–Crippen LogP) is 2.48. The van der Waals surface area contributed by atoms with Gasteiger partial charge in [0, 0.05) is 20.2 Å². The van der Waals surface area contributed by atoms with Crippen molar-refractivity contribution < 1.29 is 13.2 Å². The Morgan fingerprint density at radius 2 is 2.28 bits per heavy atom. The molecule has 0 saturated heterocycles. The maximum absolute atomic E-state index is 12.3. The fraction of sp³-hybridized carbons (Fsp3) is 0.455. The smallest absolute Gasteiger partial charge is 0.252 e. The summed E-state index contributed by atoms with van der Waals surface area (Å²) in [4.78, 5) is 0. The Morgan fingerprint density at radius 3 is 2.78 bits per heavy atom. The fourth-order valence-corrected chi connectivity index (χ4v) is 5.34. The molecule has 0 spiro atoms. The molecule has 7 heteroatoms. The Morgan fingerprint density at radius 1 is 1.50 bits per heavy atom. The maximum Gasteiger partial charge on any atom is 0.252 e. The summed E-state index contributed by atoms with van der Waals surface area (Å²) >= 11 is 4.53. The van der Waals surface area contributed by atoms with Gasteiger partial charge in [0.2, 0.25) is 0 Å².